The predicted molar refractivity (Wildman–Crippen MR) is 169 cm³/mol. The van der Waals surface area contributed by atoms with Gasteiger partial charge in [0.2, 0.25) is 0 Å². The van der Waals surface area contributed by atoms with Crippen molar-refractivity contribution in [3.8, 4) is 5.75 Å². The van der Waals surface area contributed by atoms with Gasteiger partial charge < -0.3 is 9.47 Å². The summed E-state index contributed by atoms with van der Waals surface area (Å²) < 4.78 is 12.4. The van der Waals surface area contributed by atoms with Crippen LogP contribution in [0, 0.1) is 5.92 Å². The van der Waals surface area contributed by atoms with Crippen molar-refractivity contribution in [2.45, 2.75) is 84.0 Å². The smallest absolute Gasteiger partial charge is 0.119 e. The van der Waals surface area contributed by atoms with E-state index in [4.69, 9.17) is 9.47 Å². The van der Waals surface area contributed by atoms with Crippen molar-refractivity contribution in [3.05, 3.63) is 125 Å². The van der Waals surface area contributed by atoms with E-state index in [-0.39, 0.29) is 0 Å². The Morgan fingerprint density at radius 2 is 1.12 bits per heavy atom. The van der Waals surface area contributed by atoms with Gasteiger partial charge in [-0.15, -0.1) is 0 Å². The fraction of sp³-hybridized carbons (Fsp3) is 0.421. The fourth-order valence-electron chi connectivity index (χ4n) is 6.06. The molecule has 0 amide bonds. The number of benzene rings is 3. The summed E-state index contributed by atoms with van der Waals surface area (Å²) in [5.74, 6) is 2.37. The van der Waals surface area contributed by atoms with Gasteiger partial charge in [0.05, 0.1) is 24.4 Å². The summed E-state index contributed by atoms with van der Waals surface area (Å²) in [5, 5.41) is 0. The molecule has 0 aromatic heterocycles. The molecule has 0 heterocycles. The molecule has 0 saturated heterocycles. The second-order valence-electron chi connectivity index (χ2n) is 11.2. The SMILES string of the molecule is CCCCCCOC1=CC=C(C(c2ccccc2)(c2ccccc2)c2ccc(OCCCCCC)cc2)C(C)C1. The Hall–Kier alpha value is -3.26. The minimum atomic E-state index is -0.412. The first-order valence-corrected chi connectivity index (χ1v) is 15.6. The number of ether oxygens (including phenoxy) is 2. The third-order valence-electron chi connectivity index (χ3n) is 8.17. The van der Waals surface area contributed by atoms with Crippen LogP contribution in [0.15, 0.2) is 108 Å². The third kappa shape index (κ3) is 7.27. The predicted octanol–water partition coefficient (Wildman–Crippen LogP) is 10.4. The summed E-state index contributed by atoms with van der Waals surface area (Å²) in [4.78, 5) is 0. The lowest BCUT2D eigenvalue weighted by molar-refractivity contribution is 0.187. The van der Waals surface area contributed by atoms with Gasteiger partial charge in [0.15, 0.2) is 0 Å². The van der Waals surface area contributed by atoms with Crippen molar-refractivity contribution in [1.29, 1.82) is 0 Å². The van der Waals surface area contributed by atoms with Gasteiger partial charge in [-0.3, -0.25) is 0 Å². The maximum Gasteiger partial charge on any atom is 0.119 e. The molecule has 1 aliphatic rings. The summed E-state index contributed by atoms with van der Waals surface area (Å²) in [6.45, 7) is 8.43. The first-order valence-electron chi connectivity index (χ1n) is 15.6. The van der Waals surface area contributed by atoms with Gasteiger partial charge in [-0.25, -0.2) is 0 Å². The van der Waals surface area contributed by atoms with Crippen LogP contribution in [0.2, 0.25) is 0 Å². The number of allylic oxidation sites excluding steroid dienone is 4. The van der Waals surface area contributed by atoms with Crippen LogP contribution in [0.3, 0.4) is 0 Å². The van der Waals surface area contributed by atoms with Gasteiger partial charge in [0.1, 0.15) is 5.75 Å². The molecule has 212 valence electrons. The molecule has 0 saturated carbocycles. The minimum absolute atomic E-state index is 0.325. The van der Waals surface area contributed by atoms with Crippen LogP contribution in [-0.2, 0) is 10.2 Å². The van der Waals surface area contributed by atoms with E-state index in [1.54, 1.807) is 0 Å². The Labute approximate surface area is 243 Å². The quantitative estimate of drug-likeness (QED) is 0.134. The van der Waals surface area contributed by atoms with Crippen LogP contribution >= 0.6 is 0 Å². The highest BCUT2D eigenvalue weighted by atomic mass is 16.5. The van der Waals surface area contributed by atoms with E-state index in [1.807, 2.05) is 0 Å². The summed E-state index contributed by atoms with van der Waals surface area (Å²) >= 11 is 0. The average molecular weight is 537 g/mol. The second-order valence-corrected chi connectivity index (χ2v) is 11.2. The van der Waals surface area contributed by atoms with Gasteiger partial charge in [0, 0.05) is 6.42 Å². The van der Waals surface area contributed by atoms with E-state index in [0.29, 0.717) is 5.92 Å². The maximum absolute atomic E-state index is 6.26. The highest BCUT2D eigenvalue weighted by Gasteiger charge is 2.42. The average Bonchev–Trinajstić information content (AvgIpc) is 3.00. The molecule has 3 aromatic carbocycles. The highest BCUT2D eigenvalue weighted by Crippen LogP contribution is 2.50. The molecule has 4 rings (SSSR count). The van der Waals surface area contributed by atoms with Crippen molar-refractivity contribution in [2.75, 3.05) is 13.2 Å². The molecule has 2 heteroatoms. The standard InChI is InChI=1S/C38H48O2/c1-4-6-8-16-28-39-35-24-22-34(23-25-35)38(32-18-12-10-13-19-32,33-20-14-11-15-21-33)37-27-26-36(30-31(37)3)40-29-17-9-7-5-2/h10-15,18-27,31H,4-9,16-17,28-30H2,1-3H3. The summed E-state index contributed by atoms with van der Waals surface area (Å²) in [6, 6.07) is 30.9. The first-order chi connectivity index (χ1) is 19.7. The minimum Gasteiger partial charge on any atom is -0.498 e. The lowest BCUT2D eigenvalue weighted by Crippen LogP contribution is -2.35. The zero-order valence-electron chi connectivity index (χ0n) is 24.9. The first kappa shape index (κ1) is 29.7. The van der Waals surface area contributed by atoms with E-state index in [2.05, 4.69) is 118 Å². The summed E-state index contributed by atoms with van der Waals surface area (Å²) in [5.41, 5.74) is 4.81. The van der Waals surface area contributed by atoms with Crippen molar-refractivity contribution in [1.82, 2.24) is 0 Å². The molecule has 0 N–H and O–H groups in total. The Kier molecular flexibility index (Phi) is 11.5. The number of hydrogen-bond acceptors (Lipinski definition) is 2. The molecule has 1 unspecified atom stereocenters. The van der Waals surface area contributed by atoms with Gasteiger partial charge >= 0.3 is 0 Å². The third-order valence-corrected chi connectivity index (χ3v) is 8.17. The fourth-order valence-corrected chi connectivity index (χ4v) is 6.06. The second kappa shape index (κ2) is 15.5. The van der Waals surface area contributed by atoms with Crippen molar-refractivity contribution in [2.24, 2.45) is 5.92 Å². The van der Waals surface area contributed by atoms with Crippen molar-refractivity contribution >= 4 is 0 Å². The Bertz CT molecular complexity index is 1150. The molecule has 0 radical (unpaired) electrons. The van der Waals surface area contributed by atoms with E-state index >= 15 is 0 Å². The molecule has 0 spiro atoms. The van der Waals surface area contributed by atoms with Gasteiger partial charge in [0.25, 0.3) is 0 Å². The van der Waals surface area contributed by atoms with Crippen LogP contribution in [0.1, 0.15) is 95.2 Å². The van der Waals surface area contributed by atoms with Gasteiger partial charge in [-0.1, -0.05) is 138 Å². The zero-order valence-corrected chi connectivity index (χ0v) is 24.9. The van der Waals surface area contributed by atoms with Crippen LogP contribution < -0.4 is 4.74 Å². The molecule has 2 nitrogen and oxygen atoms in total. The maximum atomic E-state index is 6.26. The van der Waals surface area contributed by atoms with Crippen LogP contribution in [0.25, 0.3) is 0 Å². The summed E-state index contributed by atoms with van der Waals surface area (Å²) in [6.07, 6.45) is 15.2. The largest absolute Gasteiger partial charge is 0.498 e. The number of rotatable bonds is 16. The number of hydrogen-bond donors (Lipinski definition) is 0. The molecule has 0 aliphatic heterocycles. The topological polar surface area (TPSA) is 18.5 Å². The van der Waals surface area contributed by atoms with E-state index in [0.717, 1.165) is 44.0 Å². The van der Waals surface area contributed by atoms with Crippen LogP contribution in [0.5, 0.6) is 5.75 Å². The molecular weight excluding hydrogens is 488 g/mol. The van der Waals surface area contributed by atoms with Crippen LogP contribution in [-0.4, -0.2) is 13.2 Å². The highest BCUT2D eigenvalue weighted by molar-refractivity contribution is 5.60. The molecule has 0 bridgehead atoms. The summed E-state index contributed by atoms with van der Waals surface area (Å²) in [7, 11) is 0. The molecule has 1 atom stereocenters. The normalized spacial score (nSPS) is 15.3. The Morgan fingerprint density at radius 3 is 1.65 bits per heavy atom. The van der Waals surface area contributed by atoms with E-state index < -0.39 is 5.41 Å². The lowest BCUT2D eigenvalue weighted by Gasteiger charge is -2.42. The Balaban J connectivity index is 1.72. The van der Waals surface area contributed by atoms with Gasteiger partial charge in [-0.2, -0.15) is 0 Å². The molecule has 0 fully saturated rings. The molecule has 40 heavy (non-hydrogen) atoms. The van der Waals surface area contributed by atoms with E-state index in [1.165, 1.54) is 60.8 Å². The Morgan fingerprint density at radius 1 is 0.600 bits per heavy atom. The monoisotopic (exact) mass is 536 g/mol. The molecule has 3 aromatic rings. The van der Waals surface area contributed by atoms with Crippen molar-refractivity contribution < 1.29 is 9.47 Å². The van der Waals surface area contributed by atoms with Crippen molar-refractivity contribution in [3.63, 3.8) is 0 Å². The number of unbranched alkanes of at least 4 members (excludes halogenated alkanes) is 6. The van der Waals surface area contributed by atoms with Gasteiger partial charge in [-0.05, 0) is 59.2 Å². The lowest BCUT2D eigenvalue weighted by atomic mass is 9.60. The molecular formula is C38H48O2. The van der Waals surface area contributed by atoms with Crippen LogP contribution in [0.4, 0.5) is 0 Å². The zero-order chi connectivity index (χ0) is 28.0. The molecule has 1 aliphatic carbocycles. The van der Waals surface area contributed by atoms with E-state index in [9.17, 15) is 0 Å².